The second-order valence-corrected chi connectivity index (χ2v) is 3.49. The molecule has 1 aromatic carbocycles. The number of pyridine rings is 1. The second-order valence-electron chi connectivity index (χ2n) is 3.49. The summed E-state index contributed by atoms with van der Waals surface area (Å²) in [5.41, 5.74) is 1.43. The molecule has 0 spiro atoms. The summed E-state index contributed by atoms with van der Waals surface area (Å²) in [5, 5.41) is 8.89. The lowest BCUT2D eigenvalue weighted by Gasteiger charge is -1.96. The fourth-order valence-corrected chi connectivity index (χ4v) is 1.50. The zero-order valence-electron chi connectivity index (χ0n) is 9.05. The van der Waals surface area contributed by atoms with Gasteiger partial charge in [0.25, 0.3) is 5.56 Å². The minimum Gasteiger partial charge on any atom is -0.328 e. The number of hydrogen-bond donors (Lipinski definition) is 1. The third-order valence-corrected chi connectivity index (χ3v) is 2.36. The summed E-state index contributed by atoms with van der Waals surface area (Å²) in [6.07, 6.45) is 5.17. The first kappa shape index (κ1) is 10.9. The van der Waals surface area contributed by atoms with Gasteiger partial charge >= 0.3 is 0 Å². The fourth-order valence-electron chi connectivity index (χ4n) is 1.50. The van der Waals surface area contributed by atoms with Crippen molar-refractivity contribution in [2.24, 2.45) is 0 Å². The molecule has 82 valence electrons. The molecule has 0 amide bonds. The Hall–Kier alpha value is -2.60. The Labute approximate surface area is 98.7 Å². The summed E-state index contributed by atoms with van der Waals surface area (Å²) < 4.78 is 0. The summed E-state index contributed by atoms with van der Waals surface area (Å²) in [4.78, 5) is 13.8. The molecule has 0 saturated carbocycles. The molecular weight excluding hydrogens is 212 g/mol. The highest BCUT2D eigenvalue weighted by Gasteiger charge is 2.02. The average molecular weight is 222 g/mol. The highest BCUT2D eigenvalue weighted by atomic mass is 16.1. The molecule has 0 atom stereocenters. The van der Waals surface area contributed by atoms with Crippen molar-refractivity contribution < 1.29 is 0 Å². The molecule has 0 aliphatic heterocycles. The zero-order chi connectivity index (χ0) is 12.1. The van der Waals surface area contributed by atoms with Gasteiger partial charge in [-0.3, -0.25) is 4.79 Å². The number of rotatable bonds is 2. The molecule has 1 N–H and O–H groups in total. The quantitative estimate of drug-likeness (QED) is 0.848. The predicted octanol–water partition coefficient (Wildman–Crippen LogP) is 2.42. The molecule has 0 bridgehead atoms. The van der Waals surface area contributed by atoms with Crippen LogP contribution in [0.1, 0.15) is 16.7 Å². The SMILES string of the molecule is N#Cc1c(/C=C/c2ccccc2)cc[nH]c1=O. The molecule has 0 fully saturated rings. The van der Waals surface area contributed by atoms with Crippen LogP contribution < -0.4 is 5.56 Å². The van der Waals surface area contributed by atoms with Crippen LogP contribution in [0.15, 0.2) is 47.4 Å². The van der Waals surface area contributed by atoms with Gasteiger partial charge in [0.2, 0.25) is 0 Å². The Morgan fingerprint density at radius 3 is 2.59 bits per heavy atom. The van der Waals surface area contributed by atoms with Crippen molar-refractivity contribution in [3.05, 3.63) is 69.6 Å². The smallest absolute Gasteiger partial charge is 0.266 e. The summed E-state index contributed by atoms with van der Waals surface area (Å²) in [7, 11) is 0. The molecule has 3 nitrogen and oxygen atoms in total. The predicted molar refractivity (Wildman–Crippen MR) is 67.1 cm³/mol. The zero-order valence-corrected chi connectivity index (χ0v) is 9.05. The molecule has 2 rings (SSSR count). The number of nitrogens with one attached hydrogen (secondary N) is 1. The van der Waals surface area contributed by atoms with Gasteiger partial charge < -0.3 is 4.98 Å². The summed E-state index contributed by atoms with van der Waals surface area (Å²) >= 11 is 0. The van der Waals surface area contributed by atoms with E-state index in [2.05, 4.69) is 4.98 Å². The van der Waals surface area contributed by atoms with Crippen LogP contribution in [-0.4, -0.2) is 4.98 Å². The number of hydrogen-bond acceptors (Lipinski definition) is 2. The van der Waals surface area contributed by atoms with Crippen molar-refractivity contribution in [3.63, 3.8) is 0 Å². The van der Waals surface area contributed by atoms with E-state index in [1.54, 1.807) is 12.1 Å². The van der Waals surface area contributed by atoms with Gasteiger partial charge in [-0.15, -0.1) is 0 Å². The van der Waals surface area contributed by atoms with E-state index in [0.29, 0.717) is 5.56 Å². The maximum absolute atomic E-state index is 11.4. The van der Waals surface area contributed by atoms with Crippen LogP contribution in [-0.2, 0) is 0 Å². The third-order valence-electron chi connectivity index (χ3n) is 2.36. The second kappa shape index (κ2) is 4.95. The molecule has 1 aromatic heterocycles. The maximum atomic E-state index is 11.4. The van der Waals surface area contributed by atoms with Crippen LogP contribution in [0.2, 0.25) is 0 Å². The molecule has 0 aliphatic carbocycles. The van der Waals surface area contributed by atoms with E-state index in [-0.39, 0.29) is 11.1 Å². The van der Waals surface area contributed by atoms with Gasteiger partial charge in [-0.2, -0.15) is 5.26 Å². The van der Waals surface area contributed by atoms with Gasteiger partial charge in [-0.05, 0) is 17.2 Å². The van der Waals surface area contributed by atoms with Gasteiger partial charge in [-0.1, -0.05) is 42.5 Å². The first-order valence-electron chi connectivity index (χ1n) is 5.16. The normalized spacial score (nSPS) is 10.3. The largest absolute Gasteiger partial charge is 0.328 e. The van der Waals surface area contributed by atoms with Gasteiger partial charge in [0.1, 0.15) is 11.6 Å². The maximum Gasteiger partial charge on any atom is 0.266 e. The monoisotopic (exact) mass is 222 g/mol. The summed E-state index contributed by atoms with van der Waals surface area (Å²) in [5.74, 6) is 0. The Kier molecular flexibility index (Phi) is 3.18. The van der Waals surface area contributed by atoms with E-state index in [1.165, 1.54) is 6.20 Å². The van der Waals surface area contributed by atoms with Crippen LogP contribution in [0.25, 0.3) is 12.2 Å². The number of aromatic nitrogens is 1. The van der Waals surface area contributed by atoms with Crippen molar-refractivity contribution in [2.45, 2.75) is 0 Å². The number of nitriles is 1. The van der Waals surface area contributed by atoms with E-state index in [4.69, 9.17) is 5.26 Å². The van der Waals surface area contributed by atoms with Crippen molar-refractivity contribution >= 4 is 12.2 Å². The van der Waals surface area contributed by atoms with Crippen molar-refractivity contribution in [2.75, 3.05) is 0 Å². The van der Waals surface area contributed by atoms with Gasteiger partial charge in [0.05, 0.1) is 0 Å². The highest BCUT2D eigenvalue weighted by Crippen LogP contribution is 2.08. The minimum atomic E-state index is -0.359. The Morgan fingerprint density at radius 2 is 1.88 bits per heavy atom. The molecule has 0 unspecified atom stereocenters. The van der Waals surface area contributed by atoms with E-state index in [0.717, 1.165) is 5.56 Å². The lowest BCUT2D eigenvalue weighted by atomic mass is 10.1. The Balaban J connectivity index is 2.38. The van der Waals surface area contributed by atoms with Crippen LogP contribution in [0, 0.1) is 11.3 Å². The summed E-state index contributed by atoms with van der Waals surface area (Å²) in [6, 6.07) is 13.3. The van der Waals surface area contributed by atoms with E-state index in [1.807, 2.05) is 42.5 Å². The molecule has 17 heavy (non-hydrogen) atoms. The van der Waals surface area contributed by atoms with Gasteiger partial charge in [0.15, 0.2) is 0 Å². The summed E-state index contributed by atoms with van der Waals surface area (Å²) in [6.45, 7) is 0. The first-order chi connectivity index (χ1) is 8.31. The minimum absolute atomic E-state index is 0.139. The molecule has 1 heterocycles. The lowest BCUT2D eigenvalue weighted by Crippen LogP contribution is -2.10. The van der Waals surface area contributed by atoms with Gasteiger partial charge in [0, 0.05) is 6.20 Å². The number of H-pyrrole nitrogens is 1. The van der Waals surface area contributed by atoms with Crippen LogP contribution in [0.5, 0.6) is 0 Å². The van der Waals surface area contributed by atoms with E-state index in [9.17, 15) is 4.79 Å². The van der Waals surface area contributed by atoms with E-state index < -0.39 is 0 Å². The average Bonchev–Trinajstić information content (AvgIpc) is 2.37. The van der Waals surface area contributed by atoms with Crippen molar-refractivity contribution in [3.8, 4) is 6.07 Å². The van der Waals surface area contributed by atoms with Crippen LogP contribution in [0.4, 0.5) is 0 Å². The molecule has 0 aliphatic rings. The fraction of sp³-hybridized carbons (Fsp3) is 0. The Morgan fingerprint density at radius 1 is 1.12 bits per heavy atom. The standard InChI is InChI=1S/C14H10N2O/c15-10-13-12(8-9-16-14(13)17)7-6-11-4-2-1-3-5-11/h1-9H,(H,16,17)/b7-6+. The van der Waals surface area contributed by atoms with Crippen molar-refractivity contribution in [1.82, 2.24) is 4.98 Å². The third kappa shape index (κ3) is 2.50. The van der Waals surface area contributed by atoms with Crippen molar-refractivity contribution in [1.29, 1.82) is 5.26 Å². The number of nitrogens with zero attached hydrogens (tertiary/aromatic N) is 1. The molecule has 3 heteroatoms. The lowest BCUT2D eigenvalue weighted by molar-refractivity contribution is 1.21. The first-order valence-corrected chi connectivity index (χ1v) is 5.16. The molecule has 0 radical (unpaired) electrons. The molecular formula is C14H10N2O. The number of benzene rings is 1. The van der Waals surface area contributed by atoms with Crippen LogP contribution >= 0.6 is 0 Å². The topological polar surface area (TPSA) is 56.6 Å². The highest BCUT2D eigenvalue weighted by molar-refractivity contribution is 5.72. The Bertz CT molecular complexity index is 633. The van der Waals surface area contributed by atoms with Crippen LogP contribution in [0.3, 0.4) is 0 Å². The molecule has 2 aromatic rings. The molecule has 0 saturated heterocycles. The van der Waals surface area contributed by atoms with E-state index >= 15 is 0 Å². The van der Waals surface area contributed by atoms with Gasteiger partial charge in [-0.25, -0.2) is 0 Å². The number of aromatic amines is 1.